The van der Waals surface area contributed by atoms with Crippen molar-refractivity contribution in [1.82, 2.24) is 14.8 Å². The quantitative estimate of drug-likeness (QED) is 0.877. The van der Waals surface area contributed by atoms with Crippen LogP contribution in [0.4, 0.5) is 11.6 Å². The Bertz CT molecular complexity index is 744. The van der Waals surface area contributed by atoms with Crippen LogP contribution in [0.2, 0.25) is 0 Å². The first-order valence-electron chi connectivity index (χ1n) is 9.91. The molecule has 27 heavy (non-hydrogen) atoms. The first-order chi connectivity index (χ1) is 13.3. The van der Waals surface area contributed by atoms with Crippen LogP contribution in [0.15, 0.2) is 30.6 Å². The van der Waals surface area contributed by atoms with Gasteiger partial charge < -0.3 is 15.0 Å². The zero-order valence-electron chi connectivity index (χ0n) is 15.6. The molecule has 0 aromatic carbocycles. The summed E-state index contributed by atoms with van der Waals surface area (Å²) in [5.41, 5.74) is 0.561. The van der Waals surface area contributed by atoms with E-state index < -0.39 is 0 Å². The Morgan fingerprint density at radius 3 is 2.74 bits per heavy atom. The van der Waals surface area contributed by atoms with Crippen LogP contribution in [0.25, 0.3) is 0 Å². The maximum Gasteiger partial charge on any atom is 0.258 e. The molecular formula is C20H27N5O2. The minimum atomic E-state index is -0.158. The first-order valence-corrected chi connectivity index (χ1v) is 9.91. The van der Waals surface area contributed by atoms with Crippen molar-refractivity contribution in [2.75, 3.05) is 36.5 Å². The normalized spacial score (nSPS) is 20.4. The number of aromatic nitrogens is 3. The summed E-state index contributed by atoms with van der Waals surface area (Å²) in [7, 11) is 0. The van der Waals surface area contributed by atoms with Crippen molar-refractivity contribution in [3.8, 4) is 0 Å². The van der Waals surface area contributed by atoms with Gasteiger partial charge in [0.2, 0.25) is 0 Å². The van der Waals surface area contributed by atoms with Gasteiger partial charge in [-0.25, -0.2) is 9.67 Å². The van der Waals surface area contributed by atoms with E-state index in [1.54, 1.807) is 12.4 Å². The molecule has 7 nitrogen and oxygen atoms in total. The number of hydrogen-bond donors (Lipinski definition) is 1. The first kappa shape index (κ1) is 18.0. The van der Waals surface area contributed by atoms with E-state index >= 15 is 0 Å². The Morgan fingerprint density at radius 1 is 1.19 bits per heavy atom. The van der Waals surface area contributed by atoms with Gasteiger partial charge in [0.05, 0.1) is 18.4 Å². The highest BCUT2D eigenvalue weighted by Gasteiger charge is 2.19. The highest BCUT2D eigenvalue weighted by molar-refractivity contribution is 6.03. The van der Waals surface area contributed by atoms with Crippen molar-refractivity contribution in [2.24, 2.45) is 5.92 Å². The topological polar surface area (TPSA) is 72.3 Å². The summed E-state index contributed by atoms with van der Waals surface area (Å²) in [5.74, 6) is 1.97. The fourth-order valence-corrected chi connectivity index (χ4v) is 3.75. The third kappa shape index (κ3) is 4.47. The highest BCUT2D eigenvalue weighted by atomic mass is 16.5. The van der Waals surface area contributed by atoms with Crippen LogP contribution < -0.4 is 10.2 Å². The molecule has 1 unspecified atom stereocenters. The number of nitrogens with one attached hydrogen (secondary N) is 1. The average molecular weight is 369 g/mol. The summed E-state index contributed by atoms with van der Waals surface area (Å²) >= 11 is 0. The SMILES string of the molecule is O=C(Nc1ccnn1CC1CCOC1)c1ccc(N2CCCCCC2)nc1. The van der Waals surface area contributed by atoms with Gasteiger partial charge in [0.1, 0.15) is 11.6 Å². The van der Waals surface area contributed by atoms with Crippen LogP contribution in [-0.2, 0) is 11.3 Å². The molecule has 2 fully saturated rings. The summed E-state index contributed by atoms with van der Waals surface area (Å²) < 4.78 is 7.27. The molecule has 1 N–H and O–H groups in total. The van der Waals surface area contributed by atoms with Crippen molar-refractivity contribution in [3.63, 3.8) is 0 Å². The maximum absolute atomic E-state index is 12.6. The number of ether oxygens (including phenoxy) is 1. The van der Waals surface area contributed by atoms with Gasteiger partial charge in [0, 0.05) is 44.4 Å². The lowest BCUT2D eigenvalue weighted by Crippen LogP contribution is -2.25. The van der Waals surface area contributed by atoms with E-state index in [9.17, 15) is 4.79 Å². The molecule has 1 atom stereocenters. The van der Waals surface area contributed by atoms with Crippen LogP contribution in [-0.4, -0.2) is 47.0 Å². The van der Waals surface area contributed by atoms with E-state index in [1.807, 2.05) is 22.9 Å². The van der Waals surface area contributed by atoms with Crippen LogP contribution in [0.3, 0.4) is 0 Å². The lowest BCUT2D eigenvalue weighted by molar-refractivity contribution is 0.102. The minimum Gasteiger partial charge on any atom is -0.381 e. The maximum atomic E-state index is 12.6. The molecule has 0 aliphatic carbocycles. The Labute approximate surface area is 159 Å². The Kier molecular flexibility index (Phi) is 5.67. The summed E-state index contributed by atoms with van der Waals surface area (Å²) in [6, 6.07) is 5.63. The summed E-state index contributed by atoms with van der Waals surface area (Å²) in [6.07, 6.45) is 9.41. The third-order valence-corrected chi connectivity index (χ3v) is 5.35. The molecule has 4 heterocycles. The summed E-state index contributed by atoms with van der Waals surface area (Å²) in [6.45, 7) is 4.41. The second-order valence-corrected chi connectivity index (χ2v) is 7.39. The molecule has 2 aliphatic heterocycles. The zero-order valence-corrected chi connectivity index (χ0v) is 15.6. The van der Waals surface area contributed by atoms with Gasteiger partial charge in [0.15, 0.2) is 0 Å². The van der Waals surface area contributed by atoms with Gasteiger partial charge in [-0.3, -0.25) is 4.79 Å². The second-order valence-electron chi connectivity index (χ2n) is 7.39. The Balaban J connectivity index is 1.39. The van der Waals surface area contributed by atoms with E-state index in [2.05, 4.69) is 20.3 Å². The van der Waals surface area contributed by atoms with E-state index in [0.717, 1.165) is 45.1 Å². The second kappa shape index (κ2) is 8.52. The van der Waals surface area contributed by atoms with Crippen LogP contribution in [0, 0.1) is 5.92 Å². The summed E-state index contributed by atoms with van der Waals surface area (Å²) in [4.78, 5) is 19.5. The number of amides is 1. The molecule has 7 heteroatoms. The van der Waals surface area contributed by atoms with E-state index in [-0.39, 0.29) is 5.91 Å². The number of carbonyl (C=O) groups excluding carboxylic acids is 1. The van der Waals surface area contributed by atoms with Crippen molar-refractivity contribution < 1.29 is 9.53 Å². The molecule has 1 amide bonds. The van der Waals surface area contributed by atoms with Gasteiger partial charge in [-0.2, -0.15) is 5.10 Å². The van der Waals surface area contributed by atoms with Gasteiger partial charge in [-0.1, -0.05) is 12.8 Å². The van der Waals surface area contributed by atoms with Gasteiger partial charge in [-0.05, 0) is 31.4 Å². The predicted octanol–water partition coefficient (Wildman–Crippen LogP) is 2.95. The molecule has 2 aromatic heterocycles. The van der Waals surface area contributed by atoms with Gasteiger partial charge in [0.25, 0.3) is 5.91 Å². The number of pyridine rings is 1. The molecule has 0 radical (unpaired) electrons. The lowest BCUT2D eigenvalue weighted by atomic mass is 10.1. The zero-order chi connectivity index (χ0) is 18.5. The molecule has 144 valence electrons. The summed E-state index contributed by atoms with van der Waals surface area (Å²) in [5, 5.41) is 7.29. The number of anilines is 2. The van der Waals surface area contributed by atoms with Crippen molar-refractivity contribution in [1.29, 1.82) is 0 Å². The smallest absolute Gasteiger partial charge is 0.258 e. The minimum absolute atomic E-state index is 0.158. The van der Waals surface area contributed by atoms with Crippen LogP contribution in [0.1, 0.15) is 42.5 Å². The standard InChI is InChI=1S/C20H27N5O2/c26-20(23-19-7-9-22-25(19)14-16-8-12-27-15-16)17-5-6-18(21-13-17)24-10-3-1-2-4-11-24/h5-7,9,13,16H,1-4,8,10-12,14-15H2,(H,23,26). The van der Waals surface area contributed by atoms with Gasteiger partial charge >= 0.3 is 0 Å². The van der Waals surface area contributed by atoms with Crippen LogP contribution in [0.5, 0.6) is 0 Å². The lowest BCUT2D eigenvalue weighted by Gasteiger charge is -2.21. The number of rotatable bonds is 5. The number of nitrogens with zero attached hydrogens (tertiary/aromatic N) is 4. The fourth-order valence-electron chi connectivity index (χ4n) is 3.75. The van der Waals surface area contributed by atoms with Crippen molar-refractivity contribution in [2.45, 2.75) is 38.6 Å². The number of carbonyl (C=O) groups is 1. The molecule has 0 saturated carbocycles. The molecule has 4 rings (SSSR count). The number of hydrogen-bond acceptors (Lipinski definition) is 5. The Morgan fingerprint density at radius 2 is 2.04 bits per heavy atom. The predicted molar refractivity (Wildman–Crippen MR) is 104 cm³/mol. The largest absolute Gasteiger partial charge is 0.381 e. The third-order valence-electron chi connectivity index (χ3n) is 5.35. The van der Waals surface area contributed by atoms with Crippen molar-refractivity contribution >= 4 is 17.5 Å². The van der Waals surface area contributed by atoms with Crippen molar-refractivity contribution in [3.05, 3.63) is 36.2 Å². The molecular weight excluding hydrogens is 342 g/mol. The molecule has 0 bridgehead atoms. The van der Waals surface area contributed by atoms with Crippen LogP contribution >= 0.6 is 0 Å². The van der Waals surface area contributed by atoms with Gasteiger partial charge in [-0.15, -0.1) is 0 Å². The molecule has 2 aliphatic rings. The van der Waals surface area contributed by atoms with E-state index in [1.165, 1.54) is 25.7 Å². The molecule has 2 saturated heterocycles. The van der Waals surface area contributed by atoms with E-state index in [0.29, 0.717) is 17.3 Å². The highest BCUT2D eigenvalue weighted by Crippen LogP contribution is 2.19. The molecule has 0 spiro atoms. The monoisotopic (exact) mass is 369 g/mol. The fraction of sp³-hybridized carbons (Fsp3) is 0.550. The molecule has 2 aromatic rings. The Hall–Kier alpha value is -2.41. The van der Waals surface area contributed by atoms with E-state index in [4.69, 9.17) is 4.74 Å². The average Bonchev–Trinajstić information content (AvgIpc) is 3.28.